The maximum absolute atomic E-state index is 12.2. The zero-order valence-corrected chi connectivity index (χ0v) is 15.8. The lowest BCUT2D eigenvalue weighted by atomic mass is 10.2. The van der Waals surface area contributed by atoms with Crippen molar-refractivity contribution < 1.29 is 4.79 Å². The minimum absolute atomic E-state index is 0.333. The molecule has 7 heteroatoms. The van der Waals surface area contributed by atoms with E-state index >= 15 is 0 Å². The van der Waals surface area contributed by atoms with Crippen LogP contribution in [0.25, 0.3) is 21.5 Å². The van der Waals surface area contributed by atoms with Crippen molar-refractivity contribution in [3.05, 3.63) is 75.8 Å². The van der Waals surface area contributed by atoms with E-state index in [2.05, 4.69) is 36.4 Å². The van der Waals surface area contributed by atoms with Crippen LogP contribution in [0.4, 0.5) is 0 Å². The standard InChI is InChI=1S/C19H13BrN4OS/c20-13-6-7-16-14(8-13)15(10-21-16)19-23-17(11-26-19)18(25)24-22-9-12-4-2-1-3-5-12/h1-11,21H,(H,24,25). The van der Waals surface area contributed by atoms with Gasteiger partial charge in [-0.2, -0.15) is 5.10 Å². The molecule has 0 spiro atoms. The smallest absolute Gasteiger partial charge is 0.290 e. The van der Waals surface area contributed by atoms with Gasteiger partial charge in [-0.05, 0) is 23.8 Å². The summed E-state index contributed by atoms with van der Waals surface area (Å²) < 4.78 is 0.996. The molecule has 0 aliphatic rings. The van der Waals surface area contributed by atoms with Crippen LogP contribution < -0.4 is 5.43 Å². The quantitative estimate of drug-likeness (QED) is 0.364. The Hall–Kier alpha value is -2.77. The third-order valence-corrected chi connectivity index (χ3v) is 5.16. The summed E-state index contributed by atoms with van der Waals surface area (Å²) >= 11 is 4.92. The second-order valence-corrected chi connectivity index (χ2v) is 7.31. The first-order valence-electron chi connectivity index (χ1n) is 7.82. The molecule has 0 fully saturated rings. The molecule has 5 nitrogen and oxygen atoms in total. The Labute approximate surface area is 161 Å². The van der Waals surface area contributed by atoms with Gasteiger partial charge in [0, 0.05) is 32.5 Å². The molecule has 2 aromatic carbocycles. The number of hydrazone groups is 1. The summed E-state index contributed by atoms with van der Waals surface area (Å²) in [6.45, 7) is 0. The molecule has 4 aromatic rings. The normalized spacial score (nSPS) is 11.3. The van der Waals surface area contributed by atoms with Gasteiger partial charge in [0.2, 0.25) is 0 Å². The van der Waals surface area contributed by atoms with Crippen molar-refractivity contribution in [3.63, 3.8) is 0 Å². The number of hydrogen-bond acceptors (Lipinski definition) is 4. The van der Waals surface area contributed by atoms with E-state index in [1.165, 1.54) is 11.3 Å². The highest BCUT2D eigenvalue weighted by atomic mass is 79.9. The topological polar surface area (TPSA) is 70.1 Å². The summed E-state index contributed by atoms with van der Waals surface area (Å²) in [5, 5.41) is 7.56. The minimum Gasteiger partial charge on any atom is -0.360 e. The lowest BCUT2D eigenvalue weighted by Crippen LogP contribution is -2.17. The number of halogens is 1. The summed E-state index contributed by atoms with van der Waals surface area (Å²) in [4.78, 5) is 19.9. The summed E-state index contributed by atoms with van der Waals surface area (Å²) in [7, 11) is 0. The third-order valence-electron chi connectivity index (χ3n) is 3.79. The highest BCUT2D eigenvalue weighted by molar-refractivity contribution is 9.10. The molecule has 2 N–H and O–H groups in total. The number of nitrogens with one attached hydrogen (secondary N) is 2. The second kappa shape index (κ2) is 7.23. The van der Waals surface area contributed by atoms with Crippen LogP contribution in [0, 0.1) is 0 Å². The Bertz CT molecular complexity index is 1100. The van der Waals surface area contributed by atoms with Crippen LogP contribution in [-0.4, -0.2) is 22.1 Å². The highest BCUT2D eigenvalue weighted by Gasteiger charge is 2.14. The summed E-state index contributed by atoms with van der Waals surface area (Å²) in [5.41, 5.74) is 5.77. The number of amides is 1. The first-order valence-corrected chi connectivity index (χ1v) is 9.49. The molecule has 2 aromatic heterocycles. The number of fused-ring (bicyclic) bond motifs is 1. The molecule has 0 saturated heterocycles. The average molecular weight is 425 g/mol. The number of benzene rings is 2. The minimum atomic E-state index is -0.333. The Balaban J connectivity index is 1.53. The molecule has 0 unspecified atom stereocenters. The van der Waals surface area contributed by atoms with Gasteiger partial charge in [0.15, 0.2) is 0 Å². The van der Waals surface area contributed by atoms with Gasteiger partial charge in [0.1, 0.15) is 10.7 Å². The van der Waals surface area contributed by atoms with Crippen molar-refractivity contribution in [2.75, 3.05) is 0 Å². The van der Waals surface area contributed by atoms with E-state index in [9.17, 15) is 4.79 Å². The zero-order chi connectivity index (χ0) is 17.9. The number of carbonyl (C=O) groups excluding carboxylic acids is 1. The molecular weight excluding hydrogens is 412 g/mol. The van der Waals surface area contributed by atoms with Gasteiger partial charge in [-0.3, -0.25) is 4.79 Å². The molecule has 0 aliphatic heterocycles. The largest absolute Gasteiger partial charge is 0.360 e. The molecule has 2 heterocycles. The van der Waals surface area contributed by atoms with Crippen molar-refractivity contribution in [1.29, 1.82) is 0 Å². The number of rotatable bonds is 4. The SMILES string of the molecule is O=C(NN=Cc1ccccc1)c1csc(-c2c[nH]c3ccc(Br)cc23)n1. The first kappa shape index (κ1) is 16.7. The molecular formula is C19H13BrN4OS. The van der Waals surface area contributed by atoms with E-state index in [1.54, 1.807) is 11.6 Å². The molecule has 0 atom stereocenters. The summed E-state index contributed by atoms with van der Waals surface area (Å²) in [6, 6.07) is 15.6. The maximum atomic E-state index is 12.2. The Morgan fingerprint density at radius 1 is 1.23 bits per heavy atom. The van der Waals surface area contributed by atoms with Gasteiger partial charge in [-0.15, -0.1) is 11.3 Å². The Morgan fingerprint density at radius 3 is 2.92 bits per heavy atom. The van der Waals surface area contributed by atoms with E-state index in [-0.39, 0.29) is 5.91 Å². The van der Waals surface area contributed by atoms with Crippen LogP contribution >= 0.6 is 27.3 Å². The predicted octanol–water partition coefficient (Wildman–Crippen LogP) is 4.82. The van der Waals surface area contributed by atoms with E-state index in [0.29, 0.717) is 5.69 Å². The van der Waals surface area contributed by atoms with Gasteiger partial charge in [-0.25, -0.2) is 10.4 Å². The molecule has 0 aliphatic carbocycles. The van der Waals surface area contributed by atoms with Gasteiger partial charge < -0.3 is 4.98 Å². The van der Waals surface area contributed by atoms with Crippen LogP contribution in [0.1, 0.15) is 16.1 Å². The van der Waals surface area contributed by atoms with Crippen LogP contribution in [0.2, 0.25) is 0 Å². The molecule has 0 saturated carbocycles. The molecule has 4 rings (SSSR count). The number of hydrogen-bond donors (Lipinski definition) is 2. The average Bonchev–Trinajstić information content (AvgIpc) is 3.29. The Kier molecular flexibility index (Phi) is 4.64. The van der Waals surface area contributed by atoms with Crippen LogP contribution in [0.5, 0.6) is 0 Å². The molecule has 26 heavy (non-hydrogen) atoms. The lowest BCUT2D eigenvalue weighted by molar-refractivity contribution is 0.0951. The van der Waals surface area contributed by atoms with Gasteiger partial charge in [0.05, 0.1) is 6.21 Å². The number of aromatic amines is 1. The van der Waals surface area contributed by atoms with Crippen molar-refractivity contribution in [2.45, 2.75) is 0 Å². The maximum Gasteiger partial charge on any atom is 0.290 e. The van der Waals surface area contributed by atoms with Gasteiger partial charge in [0.25, 0.3) is 5.91 Å². The molecule has 0 radical (unpaired) electrons. The van der Waals surface area contributed by atoms with Gasteiger partial charge >= 0.3 is 0 Å². The summed E-state index contributed by atoms with van der Waals surface area (Å²) in [6.07, 6.45) is 3.51. The van der Waals surface area contributed by atoms with Crippen molar-refractivity contribution in [2.24, 2.45) is 5.10 Å². The first-order chi connectivity index (χ1) is 12.7. The number of carbonyl (C=O) groups is 1. The van der Waals surface area contributed by atoms with Crippen molar-refractivity contribution >= 4 is 50.3 Å². The molecule has 1 amide bonds. The number of thiazole rings is 1. The molecule has 128 valence electrons. The van der Waals surface area contributed by atoms with Crippen LogP contribution in [-0.2, 0) is 0 Å². The van der Waals surface area contributed by atoms with E-state index in [1.807, 2.05) is 54.7 Å². The van der Waals surface area contributed by atoms with E-state index in [0.717, 1.165) is 31.5 Å². The monoisotopic (exact) mass is 424 g/mol. The number of H-pyrrole nitrogens is 1. The highest BCUT2D eigenvalue weighted by Crippen LogP contribution is 2.32. The van der Waals surface area contributed by atoms with E-state index < -0.39 is 0 Å². The van der Waals surface area contributed by atoms with Crippen LogP contribution in [0.3, 0.4) is 0 Å². The fourth-order valence-electron chi connectivity index (χ4n) is 2.53. The van der Waals surface area contributed by atoms with Gasteiger partial charge in [-0.1, -0.05) is 46.3 Å². The fraction of sp³-hybridized carbons (Fsp3) is 0. The fourth-order valence-corrected chi connectivity index (χ4v) is 3.72. The lowest BCUT2D eigenvalue weighted by Gasteiger charge is -1.96. The zero-order valence-electron chi connectivity index (χ0n) is 13.4. The Morgan fingerprint density at radius 2 is 2.08 bits per heavy atom. The predicted molar refractivity (Wildman–Crippen MR) is 109 cm³/mol. The number of aromatic nitrogens is 2. The van der Waals surface area contributed by atoms with Crippen molar-refractivity contribution in [1.82, 2.24) is 15.4 Å². The van der Waals surface area contributed by atoms with E-state index in [4.69, 9.17) is 0 Å². The summed E-state index contributed by atoms with van der Waals surface area (Å²) in [5.74, 6) is -0.333. The second-order valence-electron chi connectivity index (χ2n) is 5.54. The van der Waals surface area contributed by atoms with Crippen LogP contribution in [0.15, 0.2) is 69.7 Å². The third kappa shape index (κ3) is 3.44. The van der Waals surface area contributed by atoms with Crippen molar-refractivity contribution in [3.8, 4) is 10.6 Å². The molecule has 0 bridgehead atoms. The number of nitrogens with zero attached hydrogens (tertiary/aromatic N) is 2.